The Labute approximate surface area is 96.2 Å². The molecule has 0 unspecified atom stereocenters. The van der Waals surface area contributed by atoms with E-state index in [0.29, 0.717) is 0 Å². The van der Waals surface area contributed by atoms with E-state index in [2.05, 4.69) is 21.0 Å². The third-order valence-electron chi connectivity index (χ3n) is 2.63. The van der Waals surface area contributed by atoms with Gasteiger partial charge in [-0.05, 0) is 40.8 Å². The molecule has 1 saturated carbocycles. The van der Waals surface area contributed by atoms with E-state index in [1.54, 1.807) is 6.20 Å². The lowest BCUT2D eigenvalue weighted by molar-refractivity contribution is 0.299. The number of aromatic nitrogens is 2. The summed E-state index contributed by atoms with van der Waals surface area (Å²) in [5, 5.41) is 4.18. The molecule has 0 aliphatic heterocycles. The van der Waals surface area contributed by atoms with Gasteiger partial charge >= 0.3 is 0 Å². The first-order chi connectivity index (χ1) is 7.33. The molecule has 2 aromatic rings. The zero-order valence-corrected chi connectivity index (χ0v) is 9.77. The van der Waals surface area contributed by atoms with Gasteiger partial charge in [0.1, 0.15) is 5.75 Å². The minimum absolute atomic E-state index is 0.787. The molecule has 1 aliphatic rings. The number of ether oxygens (including phenoxy) is 1. The van der Waals surface area contributed by atoms with Crippen LogP contribution in [-0.2, 0) is 0 Å². The summed E-state index contributed by atoms with van der Waals surface area (Å²) in [7, 11) is 0. The van der Waals surface area contributed by atoms with Crippen LogP contribution >= 0.6 is 15.9 Å². The average molecular weight is 267 g/mol. The van der Waals surface area contributed by atoms with Crippen molar-refractivity contribution in [2.75, 3.05) is 6.61 Å². The molecule has 3 rings (SSSR count). The summed E-state index contributed by atoms with van der Waals surface area (Å²) in [5.74, 6) is 1.71. The second-order valence-corrected chi connectivity index (χ2v) is 4.79. The molecule has 2 heterocycles. The van der Waals surface area contributed by atoms with Crippen molar-refractivity contribution in [3.63, 3.8) is 0 Å². The van der Waals surface area contributed by atoms with Gasteiger partial charge in [0.05, 0.1) is 22.8 Å². The van der Waals surface area contributed by atoms with Crippen molar-refractivity contribution in [3.8, 4) is 5.75 Å². The Morgan fingerprint density at radius 3 is 3.20 bits per heavy atom. The predicted octanol–water partition coefficient (Wildman–Crippen LogP) is 2.89. The van der Waals surface area contributed by atoms with E-state index >= 15 is 0 Å². The Hall–Kier alpha value is -1.03. The molecule has 1 fully saturated rings. The second kappa shape index (κ2) is 3.52. The summed E-state index contributed by atoms with van der Waals surface area (Å²) in [6.07, 6.45) is 6.35. The first-order valence-electron chi connectivity index (χ1n) is 5.08. The molecule has 3 nitrogen and oxygen atoms in total. The Morgan fingerprint density at radius 1 is 1.53 bits per heavy atom. The lowest BCUT2D eigenvalue weighted by Gasteiger charge is -2.05. The van der Waals surface area contributed by atoms with Crippen LogP contribution in [-0.4, -0.2) is 16.2 Å². The van der Waals surface area contributed by atoms with Gasteiger partial charge in [-0.25, -0.2) is 4.52 Å². The first-order valence-corrected chi connectivity index (χ1v) is 5.88. The van der Waals surface area contributed by atoms with Gasteiger partial charge in [-0.15, -0.1) is 0 Å². The van der Waals surface area contributed by atoms with Gasteiger partial charge in [-0.1, -0.05) is 0 Å². The number of rotatable bonds is 3. The Morgan fingerprint density at radius 2 is 2.40 bits per heavy atom. The van der Waals surface area contributed by atoms with Gasteiger partial charge in [0.2, 0.25) is 0 Å². The van der Waals surface area contributed by atoms with Gasteiger partial charge in [0.25, 0.3) is 0 Å². The summed E-state index contributed by atoms with van der Waals surface area (Å²) in [4.78, 5) is 0. The maximum atomic E-state index is 5.70. The van der Waals surface area contributed by atoms with Gasteiger partial charge in [-0.3, -0.25) is 0 Å². The average Bonchev–Trinajstić information content (AvgIpc) is 3.02. The van der Waals surface area contributed by atoms with Crippen molar-refractivity contribution in [2.45, 2.75) is 12.8 Å². The maximum Gasteiger partial charge on any atom is 0.123 e. The summed E-state index contributed by atoms with van der Waals surface area (Å²) < 4.78 is 8.53. The zero-order valence-electron chi connectivity index (χ0n) is 8.19. The second-order valence-electron chi connectivity index (χ2n) is 3.94. The van der Waals surface area contributed by atoms with E-state index in [4.69, 9.17) is 4.74 Å². The van der Waals surface area contributed by atoms with E-state index < -0.39 is 0 Å². The van der Waals surface area contributed by atoms with E-state index in [0.717, 1.165) is 28.3 Å². The van der Waals surface area contributed by atoms with Crippen LogP contribution in [0.5, 0.6) is 5.75 Å². The molecule has 15 heavy (non-hydrogen) atoms. The molecule has 0 N–H and O–H groups in total. The molecule has 0 aromatic carbocycles. The number of halogens is 1. The molecule has 0 atom stereocenters. The molecule has 78 valence electrons. The normalized spacial score (nSPS) is 15.8. The number of pyridine rings is 1. The smallest absolute Gasteiger partial charge is 0.123 e. The Kier molecular flexibility index (Phi) is 2.16. The van der Waals surface area contributed by atoms with E-state index in [-0.39, 0.29) is 0 Å². The SMILES string of the molecule is Brc1cnn2ccc(OCC3CC3)cc12. The summed E-state index contributed by atoms with van der Waals surface area (Å²) >= 11 is 3.45. The third-order valence-corrected chi connectivity index (χ3v) is 3.24. The minimum atomic E-state index is 0.787. The lowest BCUT2D eigenvalue weighted by Crippen LogP contribution is -1.99. The minimum Gasteiger partial charge on any atom is -0.493 e. The lowest BCUT2D eigenvalue weighted by atomic mass is 10.4. The molecular weight excluding hydrogens is 256 g/mol. The van der Waals surface area contributed by atoms with Crippen LogP contribution in [0.25, 0.3) is 5.52 Å². The van der Waals surface area contributed by atoms with Gasteiger partial charge < -0.3 is 4.74 Å². The molecule has 0 bridgehead atoms. The van der Waals surface area contributed by atoms with Crippen LogP contribution < -0.4 is 4.74 Å². The number of hydrogen-bond acceptors (Lipinski definition) is 2. The van der Waals surface area contributed by atoms with Crippen LogP contribution in [0.2, 0.25) is 0 Å². The van der Waals surface area contributed by atoms with Crippen molar-refractivity contribution in [1.29, 1.82) is 0 Å². The fraction of sp³-hybridized carbons (Fsp3) is 0.364. The van der Waals surface area contributed by atoms with Gasteiger partial charge in [-0.2, -0.15) is 5.10 Å². The van der Waals surface area contributed by atoms with E-state index in [1.165, 1.54) is 12.8 Å². The fourth-order valence-electron chi connectivity index (χ4n) is 1.52. The standard InChI is InChI=1S/C11H11BrN2O/c12-10-6-13-14-4-3-9(5-11(10)14)15-7-8-1-2-8/h3-6,8H,1-2,7H2. The van der Waals surface area contributed by atoms with Crippen LogP contribution in [0.15, 0.2) is 29.0 Å². The highest BCUT2D eigenvalue weighted by Crippen LogP contribution is 2.30. The highest BCUT2D eigenvalue weighted by atomic mass is 79.9. The van der Waals surface area contributed by atoms with E-state index in [1.807, 2.05) is 22.8 Å². The highest BCUT2D eigenvalue weighted by Gasteiger charge is 2.21. The Balaban J connectivity index is 1.86. The van der Waals surface area contributed by atoms with E-state index in [9.17, 15) is 0 Å². The highest BCUT2D eigenvalue weighted by molar-refractivity contribution is 9.10. The zero-order chi connectivity index (χ0) is 10.3. The van der Waals surface area contributed by atoms with Crippen LogP contribution in [0.4, 0.5) is 0 Å². The topological polar surface area (TPSA) is 26.5 Å². The quantitative estimate of drug-likeness (QED) is 0.854. The predicted molar refractivity (Wildman–Crippen MR) is 61.1 cm³/mol. The summed E-state index contributed by atoms with van der Waals surface area (Å²) in [5.41, 5.74) is 1.04. The van der Waals surface area contributed by atoms with Crippen LogP contribution in [0.1, 0.15) is 12.8 Å². The molecular formula is C11H11BrN2O. The fourth-order valence-corrected chi connectivity index (χ4v) is 1.91. The number of hydrogen-bond donors (Lipinski definition) is 0. The van der Waals surface area contributed by atoms with Crippen LogP contribution in [0, 0.1) is 5.92 Å². The van der Waals surface area contributed by atoms with Crippen molar-refractivity contribution in [1.82, 2.24) is 9.61 Å². The summed E-state index contributed by atoms with van der Waals surface area (Å²) in [6.45, 7) is 0.849. The molecule has 0 amide bonds. The van der Waals surface area contributed by atoms with Crippen molar-refractivity contribution in [3.05, 3.63) is 29.0 Å². The van der Waals surface area contributed by atoms with Crippen molar-refractivity contribution < 1.29 is 4.74 Å². The number of nitrogens with zero attached hydrogens (tertiary/aromatic N) is 2. The van der Waals surface area contributed by atoms with Crippen molar-refractivity contribution >= 4 is 21.4 Å². The largest absolute Gasteiger partial charge is 0.493 e. The van der Waals surface area contributed by atoms with Gasteiger partial charge in [0, 0.05) is 12.3 Å². The molecule has 2 aromatic heterocycles. The van der Waals surface area contributed by atoms with Crippen molar-refractivity contribution in [2.24, 2.45) is 5.92 Å². The first kappa shape index (κ1) is 9.21. The van der Waals surface area contributed by atoms with Crippen LogP contribution in [0.3, 0.4) is 0 Å². The monoisotopic (exact) mass is 266 g/mol. The molecule has 1 aliphatic carbocycles. The molecule has 0 spiro atoms. The number of fused-ring (bicyclic) bond motifs is 1. The summed E-state index contributed by atoms with van der Waals surface area (Å²) in [6, 6.07) is 3.97. The third kappa shape index (κ3) is 1.86. The molecule has 0 saturated heterocycles. The molecule has 4 heteroatoms. The molecule has 0 radical (unpaired) electrons. The maximum absolute atomic E-state index is 5.70. The Bertz CT molecular complexity index is 490. The van der Waals surface area contributed by atoms with Gasteiger partial charge in [0.15, 0.2) is 0 Å².